The van der Waals surface area contributed by atoms with E-state index in [1.54, 1.807) is 29.9 Å². The van der Waals surface area contributed by atoms with E-state index in [-0.39, 0.29) is 6.04 Å². The Kier molecular flexibility index (Phi) is 3.44. The molecule has 3 aromatic rings. The Morgan fingerprint density at radius 2 is 2.14 bits per heavy atom. The topological polar surface area (TPSA) is 59.9 Å². The summed E-state index contributed by atoms with van der Waals surface area (Å²) in [6.07, 6.45) is 5.99. The van der Waals surface area contributed by atoms with Crippen molar-refractivity contribution in [3.8, 4) is 17.1 Å². The first-order valence-corrected chi connectivity index (χ1v) is 7.98. The zero-order valence-electron chi connectivity index (χ0n) is 11.8. The highest BCUT2D eigenvalue weighted by molar-refractivity contribution is 7.14. The average molecular weight is 310 g/mol. The minimum atomic E-state index is 0.228. The SMILES string of the molecule is c1ccc2c(c1)OCCC2Nc1nc(-c2cnccn2)cs1. The lowest BCUT2D eigenvalue weighted by Crippen LogP contribution is -2.20. The number of nitrogens with zero attached hydrogens (tertiary/aromatic N) is 3. The Balaban J connectivity index is 1.57. The van der Waals surface area contributed by atoms with E-state index in [0.717, 1.165) is 35.3 Å². The minimum Gasteiger partial charge on any atom is -0.493 e. The molecule has 1 aliphatic rings. The summed E-state index contributed by atoms with van der Waals surface area (Å²) >= 11 is 1.58. The quantitative estimate of drug-likeness (QED) is 0.802. The van der Waals surface area contributed by atoms with E-state index >= 15 is 0 Å². The number of para-hydroxylation sites is 1. The molecule has 1 aromatic carbocycles. The van der Waals surface area contributed by atoms with Crippen LogP contribution in [0.2, 0.25) is 0 Å². The highest BCUT2D eigenvalue weighted by atomic mass is 32.1. The summed E-state index contributed by atoms with van der Waals surface area (Å²) in [6.45, 7) is 0.719. The van der Waals surface area contributed by atoms with Gasteiger partial charge in [0.2, 0.25) is 0 Å². The molecule has 22 heavy (non-hydrogen) atoms. The van der Waals surface area contributed by atoms with Gasteiger partial charge in [-0.15, -0.1) is 11.3 Å². The Bertz CT molecular complexity index is 775. The van der Waals surface area contributed by atoms with Crippen molar-refractivity contribution >= 4 is 16.5 Å². The van der Waals surface area contributed by atoms with Crippen LogP contribution >= 0.6 is 11.3 Å². The van der Waals surface area contributed by atoms with E-state index < -0.39 is 0 Å². The zero-order chi connectivity index (χ0) is 14.8. The molecule has 110 valence electrons. The Labute approximate surface area is 132 Å². The molecular formula is C16H14N4OS. The van der Waals surface area contributed by atoms with Crippen LogP contribution in [0.1, 0.15) is 18.0 Å². The van der Waals surface area contributed by atoms with Gasteiger partial charge in [-0.2, -0.15) is 0 Å². The third kappa shape index (κ3) is 2.53. The Morgan fingerprint density at radius 3 is 3.05 bits per heavy atom. The summed E-state index contributed by atoms with van der Waals surface area (Å²) in [6, 6.07) is 8.37. The molecule has 0 aliphatic carbocycles. The van der Waals surface area contributed by atoms with E-state index in [1.165, 1.54) is 5.56 Å². The van der Waals surface area contributed by atoms with Gasteiger partial charge in [0.25, 0.3) is 0 Å². The van der Waals surface area contributed by atoms with Gasteiger partial charge >= 0.3 is 0 Å². The molecule has 5 nitrogen and oxygen atoms in total. The van der Waals surface area contributed by atoms with Crippen molar-refractivity contribution in [3.05, 3.63) is 53.8 Å². The third-order valence-corrected chi connectivity index (χ3v) is 4.36. The maximum Gasteiger partial charge on any atom is 0.183 e. The summed E-state index contributed by atoms with van der Waals surface area (Å²) in [5.74, 6) is 0.956. The number of rotatable bonds is 3. The van der Waals surface area contributed by atoms with Crippen LogP contribution in [0, 0.1) is 0 Å². The number of anilines is 1. The fraction of sp³-hybridized carbons (Fsp3) is 0.188. The molecular weight excluding hydrogens is 296 g/mol. The molecule has 0 saturated heterocycles. The van der Waals surface area contributed by atoms with Gasteiger partial charge in [0.05, 0.1) is 18.8 Å². The number of nitrogens with one attached hydrogen (secondary N) is 1. The Morgan fingerprint density at radius 1 is 1.18 bits per heavy atom. The van der Waals surface area contributed by atoms with Crippen LogP contribution in [0.3, 0.4) is 0 Å². The first kappa shape index (κ1) is 13.2. The van der Waals surface area contributed by atoms with Crippen molar-refractivity contribution in [3.63, 3.8) is 0 Å². The number of hydrogen-bond donors (Lipinski definition) is 1. The summed E-state index contributed by atoms with van der Waals surface area (Å²) in [5.41, 5.74) is 2.82. The van der Waals surface area contributed by atoms with Crippen molar-refractivity contribution in [2.45, 2.75) is 12.5 Å². The molecule has 0 saturated carbocycles. The molecule has 1 unspecified atom stereocenters. The molecule has 0 fully saturated rings. The number of ether oxygens (including phenoxy) is 1. The third-order valence-electron chi connectivity index (χ3n) is 3.59. The molecule has 4 rings (SSSR count). The van der Waals surface area contributed by atoms with Crippen LogP contribution in [-0.2, 0) is 0 Å². The van der Waals surface area contributed by atoms with Crippen molar-refractivity contribution in [1.29, 1.82) is 0 Å². The number of hydrogen-bond acceptors (Lipinski definition) is 6. The maximum absolute atomic E-state index is 5.69. The molecule has 0 bridgehead atoms. The summed E-state index contributed by atoms with van der Waals surface area (Å²) in [5, 5.41) is 6.40. The number of aromatic nitrogens is 3. The largest absolute Gasteiger partial charge is 0.493 e. The predicted molar refractivity (Wildman–Crippen MR) is 86.1 cm³/mol. The highest BCUT2D eigenvalue weighted by Gasteiger charge is 2.21. The monoisotopic (exact) mass is 310 g/mol. The minimum absolute atomic E-state index is 0.228. The van der Waals surface area contributed by atoms with E-state index in [0.29, 0.717) is 0 Å². The molecule has 6 heteroatoms. The van der Waals surface area contributed by atoms with Gasteiger partial charge in [-0.3, -0.25) is 9.97 Å². The van der Waals surface area contributed by atoms with Gasteiger partial charge in [0.15, 0.2) is 5.13 Å². The van der Waals surface area contributed by atoms with Crippen molar-refractivity contribution in [1.82, 2.24) is 15.0 Å². The lowest BCUT2D eigenvalue weighted by Gasteiger charge is -2.26. The number of thiazole rings is 1. The fourth-order valence-corrected chi connectivity index (χ4v) is 3.29. The second-order valence-electron chi connectivity index (χ2n) is 5.00. The number of benzene rings is 1. The normalized spacial score (nSPS) is 16.6. The van der Waals surface area contributed by atoms with Crippen molar-refractivity contribution in [2.75, 3.05) is 11.9 Å². The highest BCUT2D eigenvalue weighted by Crippen LogP contribution is 2.35. The second-order valence-corrected chi connectivity index (χ2v) is 5.86. The van der Waals surface area contributed by atoms with Crippen LogP contribution in [0.4, 0.5) is 5.13 Å². The van der Waals surface area contributed by atoms with E-state index in [2.05, 4.69) is 26.3 Å². The lowest BCUT2D eigenvalue weighted by atomic mass is 10.0. The van der Waals surface area contributed by atoms with Crippen LogP contribution in [0.25, 0.3) is 11.4 Å². The molecule has 1 aliphatic heterocycles. The molecule has 1 N–H and O–H groups in total. The smallest absolute Gasteiger partial charge is 0.183 e. The molecule has 2 aromatic heterocycles. The second kappa shape index (κ2) is 5.73. The number of fused-ring (bicyclic) bond motifs is 1. The van der Waals surface area contributed by atoms with Gasteiger partial charge < -0.3 is 10.1 Å². The fourth-order valence-electron chi connectivity index (χ4n) is 2.53. The van der Waals surface area contributed by atoms with E-state index in [4.69, 9.17) is 4.74 Å². The van der Waals surface area contributed by atoms with Crippen LogP contribution in [-0.4, -0.2) is 21.6 Å². The Hall–Kier alpha value is -2.47. The van der Waals surface area contributed by atoms with Crippen LogP contribution in [0.5, 0.6) is 5.75 Å². The average Bonchev–Trinajstić information content (AvgIpc) is 3.05. The van der Waals surface area contributed by atoms with Gasteiger partial charge in [0.1, 0.15) is 17.1 Å². The molecule has 0 spiro atoms. The van der Waals surface area contributed by atoms with Crippen molar-refractivity contribution < 1.29 is 4.74 Å². The van der Waals surface area contributed by atoms with Gasteiger partial charge in [0, 0.05) is 29.8 Å². The predicted octanol–water partition coefficient (Wildman–Crippen LogP) is 3.54. The summed E-state index contributed by atoms with van der Waals surface area (Å²) in [4.78, 5) is 13.0. The molecule has 0 amide bonds. The lowest BCUT2D eigenvalue weighted by molar-refractivity contribution is 0.274. The van der Waals surface area contributed by atoms with Crippen LogP contribution in [0.15, 0.2) is 48.2 Å². The van der Waals surface area contributed by atoms with E-state index in [9.17, 15) is 0 Å². The van der Waals surface area contributed by atoms with Crippen molar-refractivity contribution in [2.24, 2.45) is 0 Å². The summed E-state index contributed by atoms with van der Waals surface area (Å²) < 4.78 is 5.69. The van der Waals surface area contributed by atoms with E-state index in [1.807, 2.05) is 23.6 Å². The first-order valence-electron chi connectivity index (χ1n) is 7.10. The summed E-state index contributed by atoms with van der Waals surface area (Å²) in [7, 11) is 0. The van der Waals surface area contributed by atoms with Crippen LogP contribution < -0.4 is 10.1 Å². The zero-order valence-corrected chi connectivity index (χ0v) is 12.6. The van der Waals surface area contributed by atoms with Gasteiger partial charge in [-0.05, 0) is 6.07 Å². The standard InChI is InChI=1S/C16H14N4OS/c1-2-4-15-11(3-1)12(5-8-21-15)19-16-20-14(10-22-16)13-9-17-6-7-18-13/h1-4,6-7,9-10,12H,5,8H2,(H,19,20). The molecule has 3 heterocycles. The maximum atomic E-state index is 5.69. The molecule has 0 radical (unpaired) electrons. The first-order chi connectivity index (χ1) is 10.9. The van der Waals surface area contributed by atoms with Gasteiger partial charge in [-0.25, -0.2) is 4.98 Å². The van der Waals surface area contributed by atoms with Gasteiger partial charge in [-0.1, -0.05) is 18.2 Å². The molecule has 1 atom stereocenters.